The van der Waals surface area contributed by atoms with Crippen LogP contribution in [0.5, 0.6) is 11.5 Å². The van der Waals surface area contributed by atoms with Crippen LogP contribution in [0.15, 0.2) is 41.6 Å². The van der Waals surface area contributed by atoms with E-state index in [-0.39, 0.29) is 11.4 Å². The van der Waals surface area contributed by atoms with E-state index in [1.165, 1.54) is 6.07 Å². The number of fused-ring (bicyclic) bond motifs is 1. The number of hydrogen-bond acceptors (Lipinski definition) is 6. The molecule has 1 N–H and O–H groups in total. The van der Waals surface area contributed by atoms with Crippen molar-refractivity contribution in [3.8, 4) is 22.9 Å². The number of nitrogens with one attached hydrogen (secondary N) is 1. The molecule has 0 radical (unpaired) electrons. The number of nitrogens with zero attached hydrogens (tertiary/aromatic N) is 3. The summed E-state index contributed by atoms with van der Waals surface area (Å²) in [6.45, 7) is 1.15. The number of alkyl halides is 3. The van der Waals surface area contributed by atoms with E-state index in [1.807, 2.05) is 18.2 Å². The molecular weight excluding hydrogens is 481 g/mol. The summed E-state index contributed by atoms with van der Waals surface area (Å²) < 4.78 is 52.1. The lowest BCUT2D eigenvalue weighted by molar-refractivity contribution is -0.137. The highest BCUT2D eigenvalue weighted by Crippen LogP contribution is 2.36. The van der Waals surface area contributed by atoms with Gasteiger partial charge in [-0.2, -0.15) is 13.2 Å². The van der Waals surface area contributed by atoms with Gasteiger partial charge in [0.25, 0.3) is 0 Å². The molecule has 0 spiro atoms. The van der Waals surface area contributed by atoms with Crippen molar-refractivity contribution in [3.63, 3.8) is 0 Å². The number of rotatable bonds is 5. The summed E-state index contributed by atoms with van der Waals surface area (Å²) in [7, 11) is 1.76. The van der Waals surface area contributed by atoms with Crippen LogP contribution in [0.4, 0.5) is 18.9 Å². The molecule has 33 heavy (non-hydrogen) atoms. The standard InChI is InChI=1S/C21H18ClF3N4O3S/c1-29-19(12-3-6-16-17(9-12)32-8-2-7-31-16)27-28-20(29)33-11-18(30)26-13-4-5-15(22)14(10-13)21(23,24)25/h3-6,9-10H,2,7-8,11H2,1H3,(H,26,30). The Balaban J connectivity index is 1.42. The largest absolute Gasteiger partial charge is 0.490 e. The zero-order valence-corrected chi connectivity index (χ0v) is 18.9. The highest BCUT2D eigenvalue weighted by molar-refractivity contribution is 7.99. The van der Waals surface area contributed by atoms with E-state index in [0.717, 1.165) is 35.9 Å². The Labute approximate surface area is 196 Å². The fourth-order valence-corrected chi connectivity index (χ4v) is 4.08. The van der Waals surface area contributed by atoms with Crippen molar-refractivity contribution in [1.29, 1.82) is 0 Å². The molecule has 0 saturated heterocycles. The van der Waals surface area contributed by atoms with Gasteiger partial charge in [-0.3, -0.25) is 4.79 Å². The van der Waals surface area contributed by atoms with Gasteiger partial charge < -0.3 is 19.4 Å². The molecule has 0 unspecified atom stereocenters. The molecule has 174 valence electrons. The van der Waals surface area contributed by atoms with Crippen molar-refractivity contribution in [1.82, 2.24) is 14.8 Å². The third-order valence-electron chi connectivity index (χ3n) is 4.73. The summed E-state index contributed by atoms with van der Waals surface area (Å²) in [5, 5.41) is 10.8. The molecule has 1 aromatic heterocycles. The summed E-state index contributed by atoms with van der Waals surface area (Å²) in [5.41, 5.74) is -0.239. The number of benzene rings is 2. The van der Waals surface area contributed by atoms with E-state index in [0.29, 0.717) is 35.7 Å². The SMILES string of the molecule is Cn1c(SCC(=O)Nc2ccc(Cl)c(C(F)(F)F)c2)nnc1-c1ccc2c(c1)OCCCO2. The average molecular weight is 499 g/mol. The monoisotopic (exact) mass is 498 g/mol. The maximum Gasteiger partial charge on any atom is 0.417 e. The Hall–Kier alpha value is -2.92. The van der Waals surface area contributed by atoms with Crippen LogP contribution >= 0.6 is 23.4 Å². The number of anilines is 1. The van der Waals surface area contributed by atoms with E-state index >= 15 is 0 Å². The van der Waals surface area contributed by atoms with Crippen LogP contribution in [0.3, 0.4) is 0 Å². The summed E-state index contributed by atoms with van der Waals surface area (Å²) in [5.74, 6) is 1.30. The molecule has 0 aliphatic carbocycles. The smallest absolute Gasteiger partial charge is 0.417 e. The number of aromatic nitrogens is 3. The molecule has 1 aliphatic heterocycles. The first-order chi connectivity index (χ1) is 15.7. The fourth-order valence-electron chi connectivity index (χ4n) is 3.14. The second-order valence-corrected chi connectivity index (χ2v) is 8.46. The molecule has 1 amide bonds. The van der Waals surface area contributed by atoms with Crippen molar-refractivity contribution in [2.45, 2.75) is 17.8 Å². The van der Waals surface area contributed by atoms with Gasteiger partial charge in [0.1, 0.15) is 0 Å². The maximum atomic E-state index is 13.0. The van der Waals surface area contributed by atoms with Crippen molar-refractivity contribution >= 4 is 35.0 Å². The first kappa shape index (κ1) is 23.2. The minimum atomic E-state index is -4.62. The fraction of sp³-hybridized carbons (Fsp3) is 0.286. The predicted octanol–water partition coefficient (Wildman–Crippen LogP) is 5.05. The normalized spacial score (nSPS) is 13.5. The van der Waals surface area contributed by atoms with Crippen LogP contribution < -0.4 is 14.8 Å². The van der Waals surface area contributed by atoms with Gasteiger partial charge in [0.2, 0.25) is 5.91 Å². The van der Waals surface area contributed by atoms with Crippen LogP contribution in [0, 0.1) is 0 Å². The number of ether oxygens (including phenoxy) is 2. The van der Waals surface area contributed by atoms with Gasteiger partial charge in [-0.15, -0.1) is 10.2 Å². The molecule has 2 heterocycles. The van der Waals surface area contributed by atoms with Gasteiger partial charge in [-0.25, -0.2) is 0 Å². The average Bonchev–Trinajstić information content (AvgIpc) is 2.97. The first-order valence-electron chi connectivity index (χ1n) is 9.81. The summed E-state index contributed by atoms with van der Waals surface area (Å²) in [4.78, 5) is 12.3. The minimum absolute atomic E-state index is 0.00294. The van der Waals surface area contributed by atoms with Crippen molar-refractivity contribution in [2.75, 3.05) is 24.3 Å². The van der Waals surface area contributed by atoms with E-state index in [9.17, 15) is 18.0 Å². The predicted molar refractivity (Wildman–Crippen MR) is 118 cm³/mol. The summed E-state index contributed by atoms with van der Waals surface area (Å²) >= 11 is 6.71. The Morgan fingerprint density at radius 1 is 1.15 bits per heavy atom. The minimum Gasteiger partial charge on any atom is -0.490 e. The van der Waals surface area contributed by atoms with Crippen molar-refractivity contribution in [3.05, 3.63) is 47.0 Å². The Bertz CT molecular complexity index is 1190. The number of hydrogen-bond donors (Lipinski definition) is 1. The second-order valence-electron chi connectivity index (χ2n) is 7.11. The zero-order chi connectivity index (χ0) is 23.6. The first-order valence-corrected chi connectivity index (χ1v) is 11.2. The van der Waals surface area contributed by atoms with E-state index in [2.05, 4.69) is 15.5 Å². The van der Waals surface area contributed by atoms with Crippen LogP contribution in [0.25, 0.3) is 11.4 Å². The molecule has 7 nitrogen and oxygen atoms in total. The topological polar surface area (TPSA) is 78.3 Å². The van der Waals surface area contributed by atoms with Crippen LogP contribution in [-0.4, -0.2) is 39.6 Å². The maximum absolute atomic E-state index is 13.0. The second kappa shape index (κ2) is 9.52. The third kappa shape index (κ3) is 5.36. The molecular formula is C21H18ClF3N4O3S. The lowest BCUT2D eigenvalue weighted by atomic mass is 10.2. The molecule has 0 atom stereocenters. The highest BCUT2D eigenvalue weighted by atomic mass is 35.5. The zero-order valence-electron chi connectivity index (χ0n) is 17.3. The van der Waals surface area contributed by atoms with Gasteiger partial charge in [0.05, 0.1) is 29.6 Å². The van der Waals surface area contributed by atoms with E-state index in [4.69, 9.17) is 21.1 Å². The van der Waals surface area contributed by atoms with Crippen molar-refractivity contribution < 1.29 is 27.4 Å². The number of amides is 1. The van der Waals surface area contributed by atoms with Gasteiger partial charge in [0, 0.05) is 24.7 Å². The molecule has 4 rings (SSSR count). The molecule has 1 aliphatic rings. The van der Waals surface area contributed by atoms with Gasteiger partial charge in [0.15, 0.2) is 22.5 Å². The highest BCUT2D eigenvalue weighted by Gasteiger charge is 2.33. The number of halogens is 4. The Kier molecular flexibility index (Phi) is 6.71. The lowest BCUT2D eigenvalue weighted by Crippen LogP contribution is -2.15. The molecule has 12 heteroatoms. The quantitative estimate of drug-likeness (QED) is 0.496. The van der Waals surface area contributed by atoms with Crippen LogP contribution in [0.2, 0.25) is 5.02 Å². The lowest BCUT2D eigenvalue weighted by Gasteiger charge is -2.11. The van der Waals surface area contributed by atoms with Crippen LogP contribution in [-0.2, 0) is 18.0 Å². The number of carbonyl (C=O) groups excluding carboxylic acids is 1. The Morgan fingerprint density at radius 2 is 1.91 bits per heavy atom. The molecule has 0 saturated carbocycles. The third-order valence-corrected chi connectivity index (χ3v) is 6.08. The Morgan fingerprint density at radius 3 is 2.67 bits per heavy atom. The van der Waals surface area contributed by atoms with E-state index in [1.54, 1.807) is 11.6 Å². The summed E-state index contributed by atoms with van der Waals surface area (Å²) in [6.07, 6.45) is -3.82. The summed E-state index contributed by atoms with van der Waals surface area (Å²) in [6, 6.07) is 8.69. The molecule has 0 fully saturated rings. The van der Waals surface area contributed by atoms with E-state index < -0.39 is 22.7 Å². The number of carbonyl (C=O) groups is 1. The van der Waals surface area contributed by atoms with Crippen molar-refractivity contribution in [2.24, 2.45) is 7.05 Å². The van der Waals surface area contributed by atoms with Gasteiger partial charge in [-0.1, -0.05) is 23.4 Å². The van der Waals surface area contributed by atoms with Gasteiger partial charge >= 0.3 is 6.18 Å². The number of thioether (sulfide) groups is 1. The van der Waals surface area contributed by atoms with Gasteiger partial charge in [-0.05, 0) is 36.4 Å². The molecule has 0 bridgehead atoms. The molecule has 3 aromatic rings. The molecule has 2 aromatic carbocycles. The van der Waals surface area contributed by atoms with Crippen LogP contribution in [0.1, 0.15) is 12.0 Å².